The third-order valence-electron chi connectivity index (χ3n) is 0.365. The number of halogens is 1. The van der Waals surface area contributed by atoms with E-state index in [4.69, 9.17) is 10.8 Å². The van der Waals surface area contributed by atoms with Crippen molar-refractivity contribution in [1.29, 1.82) is 0 Å². The number of carboxylic acids is 1. The Hall–Kier alpha value is -0.540. The second-order valence-corrected chi connectivity index (χ2v) is 1.49. The molecule has 3 nitrogen and oxygen atoms in total. The lowest BCUT2D eigenvalue weighted by molar-refractivity contribution is -0.132. The minimum Gasteiger partial charge on any atom is -0.478 e. The van der Waals surface area contributed by atoms with E-state index in [1.54, 1.807) is 0 Å². The fourth-order valence-corrected chi connectivity index (χ4v) is 0. The predicted octanol–water partition coefficient (Wildman–Crippen LogP) is 1.03. The molecule has 0 aromatic heterocycles. The minimum absolute atomic E-state index is 0. The van der Waals surface area contributed by atoms with Crippen molar-refractivity contribution in [2.75, 3.05) is 6.54 Å². The molecule has 4 heteroatoms. The van der Waals surface area contributed by atoms with E-state index in [9.17, 15) is 4.79 Å². The van der Waals surface area contributed by atoms with Crippen LogP contribution in [0.3, 0.4) is 0 Å². The van der Waals surface area contributed by atoms with Crippen LogP contribution in [0.2, 0.25) is 0 Å². The lowest BCUT2D eigenvalue weighted by atomic mass is 10.4. The maximum Gasteiger partial charge on any atom is 0.330 e. The summed E-state index contributed by atoms with van der Waals surface area (Å²) in [5.41, 5.74) is 5.02. The van der Waals surface area contributed by atoms with Gasteiger partial charge < -0.3 is 10.8 Å². The number of hydrogen-bond donors (Lipinski definition) is 2. The van der Waals surface area contributed by atoms with Crippen LogP contribution in [0.5, 0.6) is 0 Å². The zero-order valence-corrected chi connectivity index (χ0v) is 7.07. The number of nitrogens with two attached hydrogens (primary N) is 1. The topological polar surface area (TPSA) is 63.3 Å². The molecule has 0 saturated carbocycles. The number of rotatable bonds is 1. The quantitative estimate of drug-likeness (QED) is 0.574. The fourth-order valence-electron chi connectivity index (χ4n) is 0. The molecule has 0 aromatic carbocycles. The van der Waals surface area contributed by atoms with Crippen LogP contribution in [0.15, 0.2) is 12.2 Å². The second-order valence-electron chi connectivity index (χ2n) is 1.49. The van der Waals surface area contributed by atoms with Gasteiger partial charge in [-0.25, -0.2) is 4.79 Å². The summed E-state index contributed by atoms with van der Waals surface area (Å²) in [6.45, 7) is 7.25. The van der Waals surface area contributed by atoms with Gasteiger partial charge in [-0.3, -0.25) is 0 Å². The molecule has 0 radical (unpaired) electrons. The minimum atomic E-state index is -0.935. The van der Waals surface area contributed by atoms with Gasteiger partial charge in [-0.15, -0.1) is 12.4 Å². The third-order valence-corrected chi connectivity index (χ3v) is 0.365. The summed E-state index contributed by atoms with van der Waals surface area (Å²) in [5.74, 6) is -0.935. The molecule has 0 heterocycles. The Bertz CT molecular complexity index is 91.9. The summed E-state index contributed by atoms with van der Waals surface area (Å²) in [6.07, 6.45) is 0. The van der Waals surface area contributed by atoms with E-state index < -0.39 is 5.97 Å². The average Bonchev–Trinajstić information content (AvgIpc) is 1.68. The Labute approximate surface area is 67.3 Å². The Balaban J connectivity index is -0.000000107. The molecule has 0 aliphatic heterocycles. The lowest BCUT2D eigenvalue weighted by Crippen LogP contribution is -1.92. The van der Waals surface area contributed by atoms with Crippen LogP contribution in [0.1, 0.15) is 13.8 Å². The first kappa shape index (κ1) is 16.2. The number of hydrogen-bond acceptors (Lipinski definition) is 2. The van der Waals surface area contributed by atoms with Crippen LogP contribution in [0.25, 0.3) is 0 Å². The van der Waals surface area contributed by atoms with Gasteiger partial charge >= 0.3 is 5.97 Å². The van der Waals surface area contributed by atoms with Crippen molar-refractivity contribution < 1.29 is 9.90 Å². The average molecular weight is 168 g/mol. The molecule has 0 aliphatic rings. The largest absolute Gasteiger partial charge is 0.478 e. The van der Waals surface area contributed by atoms with Gasteiger partial charge in [0.1, 0.15) is 0 Å². The van der Waals surface area contributed by atoms with Crippen LogP contribution in [-0.2, 0) is 4.79 Å². The van der Waals surface area contributed by atoms with E-state index in [1.165, 1.54) is 6.92 Å². The standard InChI is InChI=1S/C4H6O2.C2H7N.ClH/c1-3(2)4(5)6;1-2-3;/h1H2,2H3,(H,5,6);2-3H2,1H3;1H. The predicted molar refractivity (Wildman–Crippen MR) is 44.4 cm³/mol. The zero-order chi connectivity index (χ0) is 7.86. The van der Waals surface area contributed by atoms with Crippen molar-refractivity contribution in [2.45, 2.75) is 13.8 Å². The molecule has 0 rings (SSSR count). The Morgan fingerprint density at radius 3 is 1.80 bits per heavy atom. The van der Waals surface area contributed by atoms with Crippen LogP contribution >= 0.6 is 12.4 Å². The Kier molecular flexibility index (Phi) is 18.3. The highest BCUT2D eigenvalue weighted by Crippen LogP contribution is 1.81. The molecule has 0 unspecified atom stereocenters. The summed E-state index contributed by atoms with van der Waals surface area (Å²) >= 11 is 0. The zero-order valence-electron chi connectivity index (χ0n) is 6.26. The Morgan fingerprint density at radius 1 is 1.70 bits per heavy atom. The molecule has 0 amide bonds. The molecule has 0 aliphatic carbocycles. The molecular formula is C6H14ClNO2. The van der Waals surface area contributed by atoms with Gasteiger partial charge in [-0.05, 0) is 13.5 Å². The van der Waals surface area contributed by atoms with Crippen molar-refractivity contribution >= 4 is 18.4 Å². The van der Waals surface area contributed by atoms with Crippen molar-refractivity contribution in [3.8, 4) is 0 Å². The van der Waals surface area contributed by atoms with E-state index in [2.05, 4.69) is 6.58 Å². The smallest absolute Gasteiger partial charge is 0.330 e. The molecule has 0 bridgehead atoms. The van der Waals surface area contributed by atoms with Crippen LogP contribution in [0.4, 0.5) is 0 Å². The monoisotopic (exact) mass is 167 g/mol. The summed E-state index contributed by atoms with van der Waals surface area (Å²) in [7, 11) is 0. The van der Waals surface area contributed by atoms with Gasteiger partial charge in [0, 0.05) is 5.57 Å². The molecule has 10 heavy (non-hydrogen) atoms. The van der Waals surface area contributed by atoms with Crippen molar-refractivity contribution in [3.63, 3.8) is 0 Å². The summed E-state index contributed by atoms with van der Waals surface area (Å²) in [6, 6.07) is 0. The molecule has 3 N–H and O–H groups in total. The van der Waals surface area contributed by atoms with E-state index >= 15 is 0 Å². The van der Waals surface area contributed by atoms with Gasteiger partial charge in [-0.2, -0.15) is 0 Å². The Morgan fingerprint density at radius 2 is 1.80 bits per heavy atom. The normalized spacial score (nSPS) is 6.30. The molecule has 0 spiro atoms. The van der Waals surface area contributed by atoms with E-state index in [0.717, 1.165) is 6.54 Å². The highest BCUT2D eigenvalue weighted by molar-refractivity contribution is 5.85. The molecular weight excluding hydrogens is 154 g/mol. The third kappa shape index (κ3) is 26.0. The van der Waals surface area contributed by atoms with Crippen LogP contribution < -0.4 is 5.73 Å². The first-order valence-corrected chi connectivity index (χ1v) is 2.65. The summed E-state index contributed by atoms with van der Waals surface area (Å²) in [4.78, 5) is 9.60. The highest BCUT2D eigenvalue weighted by Gasteiger charge is 1.90. The number of aliphatic carboxylic acids is 1. The molecule has 0 atom stereocenters. The van der Waals surface area contributed by atoms with Gasteiger partial charge in [0.2, 0.25) is 0 Å². The van der Waals surface area contributed by atoms with E-state index in [0.29, 0.717) is 0 Å². The van der Waals surface area contributed by atoms with Gasteiger partial charge in [0.25, 0.3) is 0 Å². The lowest BCUT2D eigenvalue weighted by Gasteiger charge is -1.79. The van der Waals surface area contributed by atoms with Crippen molar-refractivity contribution in [3.05, 3.63) is 12.2 Å². The van der Waals surface area contributed by atoms with Crippen molar-refractivity contribution in [2.24, 2.45) is 5.73 Å². The molecule has 0 aromatic rings. The maximum atomic E-state index is 9.60. The van der Waals surface area contributed by atoms with Crippen molar-refractivity contribution in [1.82, 2.24) is 0 Å². The van der Waals surface area contributed by atoms with Gasteiger partial charge in [0.15, 0.2) is 0 Å². The number of carboxylic acid groups (broad SMARTS) is 1. The van der Waals surface area contributed by atoms with Gasteiger partial charge in [0.05, 0.1) is 0 Å². The van der Waals surface area contributed by atoms with Crippen LogP contribution in [0, 0.1) is 0 Å². The van der Waals surface area contributed by atoms with Gasteiger partial charge in [-0.1, -0.05) is 13.5 Å². The van der Waals surface area contributed by atoms with Crippen LogP contribution in [-0.4, -0.2) is 17.6 Å². The molecule has 62 valence electrons. The first-order chi connectivity index (χ1) is 4.06. The van der Waals surface area contributed by atoms with E-state index in [1.807, 2.05) is 6.92 Å². The summed E-state index contributed by atoms with van der Waals surface area (Å²) in [5, 5.41) is 7.89. The molecule has 0 saturated heterocycles. The number of carbonyl (C=O) groups is 1. The highest BCUT2D eigenvalue weighted by atomic mass is 35.5. The maximum absolute atomic E-state index is 9.60. The second kappa shape index (κ2) is 11.3. The molecule has 0 fully saturated rings. The van der Waals surface area contributed by atoms with E-state index in [-0.39, 0.29) is 18.0 Å². The summed E-state index contributed by atoms with van der Waals surface area (Å²) < 4.78 is 0. The fraction of sp³-hybridized carbons (Fsp3) is 0.500. The SMILES string of the molecule is C=C(C)C(=O)O.CCN.Cl. The first-order valence-electron chi connectivity index (χ1n) is 2.65.